The molecule has 2 N–H and O–H groups in total. The van der Waals surface area contributed by atoms with E-state index in [1.54, 1.807) is 32.2 Å². The van der Waals surface area contributed by atoms with E-state index < -0.39 is 0 Å². The van der Waals surface area contributed by atoms with Crippen molar-refractivity contribution in [2.24, 2.45) is 0 Å². The lowest BCUT2D eigenvalue weighted by Gasteiger charge is -2.19. The van der Waals surface area contributed by atoms with E-state index in [1.165, 1.54) is 11.1 Å². The van der Waals surface area contributed by atoms with E-state index in [1.807, 2.05) is 0 Å². The fraction of sp³-hybridized carbons (Fsp3) is 0.444. The Labute approximate surface area is 88.7 Å². The predicted molar refractivity (Wildman–Crippen MR) is 58.4 cm³/mol. The van der Waals surface area contributed by atoms with Crippen LogP contribution in [0.1, 0.15) is 0 Å². The second-order valence-corrected chi connectivity index (χ2v) is 3.45. The summed E-state index contributed by atoms with van der Waals surface area (Å²) in [5.74, 6) is 0.934. The summed E-state index contributed by atoms with van der Waals surface area (Å²) in [6.45, 7) is 0.255. The Hall–Kier alpha value is -1.85. The molecule has 0 aliphatic heterocycles. The van der Waals surface area contributed by atoms with Crippen molar-refractivity contribution in [2.75, 3.05) is 38.3 Å². The maximum absolute atomic E-state index is 11.4. The van der Waals surface area contributed by atoms with Gasteiger partial charge in [0.1, 0.15) is 11.6 Å². The third-order valence-corrected chi connectivity index (χ3v) is 1.90. The molecule has 1 rings (SSSR count). The average Bonchev–Trinajstić information content (AvgIpc) is 2.17. The topological polar surface area (TPSA) is 75.4 Å². The van der Waals surface area contributed by atoms with Gasteiger partial charge in [0.25, 0.3) is 0 Å². The van der Waals surface area contributed by atoms with Gasteiger partial charge in [-0.3, -0.25) is 9.78 Å². The van der Waals surface area contributed by atoms with E-state index in [4.69, 9.17) is 5.73 Å². The molecule has 15 heavy (non-hydrogen) atoms. The van der Waals surface area contributed by atoms with Crippen LogP contribution < -0.4 is 10.6 Å². The van der Waals surface area contributed by atoms with E-state index >= 15 is 0 Å². The number of nitrogen functional groups attached to an aromatic ring is 1. The van der Waals surface area contributed by atoms with Crippen LogP contribution in [-0.2, 0) is 4.79 Å². The number of nitrogens with zero attached hydrogens (tertiary/aromatic N) is 4. The molecule has 0 saturated heterocycles. The Kier molecular flexibility index (Phi) is 3.43. The summed E-state index contributed by atoms with van der Waals surface area (Å²) in [5.41, 5.74) is 5.49. The Balaban J connectivity index is 2.69. The molecule has 6 heteroatoms. The number of aromatic nitrogens is 2. The molecular weight excluding hydrogens is 194 g/mol. The maximum Gasteiger partial charge on any atom is 0.241 e. The summed E-state index contributed by atoms with van der Waals surface area (Å²) in [6, 6.07) is 0. The average molecular weight is 209 g/mol. The third kappa shape index (κ3) is 3.08. The van der Waals surface area contributed by atoms with Crippen LogP contribution in [0.3, 0.4) is 0 Å². The Morgan fingerprint density at radius 2 is 2.07 bits per heavy atom. The minimum Gasteiger partial charge on any atom is -0.382 e. The van der Waals surface area contributed by atoms with Crippen LogP contribution in [0.15, 0.2) is 12.4 Å². The first-order valence-corrected chi connectivity index (χ1v) is 4.49. The Morgan fingerprint density at radius 1 is 1.40 bits per heavy atom. The number of carbonyl (C=O) groups is 1. The van der Waals surface area contributed by atoms with Crippen molar-refractivity contribution in [1.29, 1.82) is 0 Å². The van der Waals surface area contributed by atoms with Crippen molar-refractivity contribution in [3.63, 3.8) is 0 Å². The number of hydrogen-bond acceptors (Lipinski definition) is 5. The number of likely N-dealkylation sites (N-methyl/N-ethyl adjacent to an activating group) is 2. The van der Waals surface area contributed by atoms with Crippen LogP contribution in [0.5, 0.6) is 0 Å². The maximum atomic E-state index is 11.4. The Morgan fingerprint density at radius 3 is 2.60 bits per heavy atom. The van der Waals surface area contributed by atoms with Crippen LogP contribution >= 0.6 is 0 Å². The largest absolute Gasteiger partial charge is 0.382 e. The molecule has 0 spiro atoms. The van der Waals surface area contributed by atoms with Gasteiger partial charge in [-0.25, -0.2) is 4.98 Å². The van der Waals surface area contributed by atoms with Gasteiger partial charge in [0, 0.05) is 21.1 Å². The van der Waals surface area contributed by atoms with Gasteiger partial charge in [0.05, 0.1) is 18.9 Å². The van der Waals surface area contributed by atoms with Crippen LogP contribution in [-0.4, -0.2) is 48.5 Å². The molecule has 1 heterocycles. The lowest BCUT2D eigenvalue weighted by molar-refractivity contribution is -0.127. The highest BCUT2D eigenvalue weighted by Crippen LogP contribution is 2.07. The highest BCUT2D eigenvalue weighted by atomic mass is 16.2. The first-order chi connectivity index (χ1) is 7.00. The zero-order valence-corrected chi connectivity index (χ0v) is 9.14. The molecule has 1 aromatic rings. The van der Waals surface area contributed by atoms with Crippen LogP contribution in [0.4, 0.5) is 11.6 Å². The van der Waals surface area contributed by atoms with Crippen molar-refractivity contribution in [2.45, 2.75) is 0 Å². The van der Waals surface area contributed by atoms with Gasteiger partial charge in [-0.2, -0.15) is 0 Å². The molecule has 0 aliphatic rings. The number of carbonyl (C=O) groups excluding carboxylic acids is 1. The molecule has 0 bridgehead atoms. The molecule has 0 unspecified atom stereocenters. The second-order valence-electron chi connectivity index (χ2n) is 3.45. The molecule has 0 aromatic carbocycles. The molecular formula is C9H15N5O. The van der Waals surface area contributed by atoms with Gasteiger partial charge in [-0.15, -0.1) is 0 Å². The van der Waals surface area contributed by atoms with Crippen LogP contribution in [0.25, 0.3) is 0 Å². The second kappa shape index (κ2) is 4.59. The zero-order valence-electron chi connectivity index (χ0n) is 9.14. The van der Waals surface area contributed by atoms with Gasteiger partial charge in [-0.1, -0.05) is 0 Å². The Bertz CT molecular complexity index is 352. The van der Waals surface area contributed by atoms with E-state index in [2.05, 4.69) is 9.97 Å². The molecule has 1 amide bonds. The molecule has 0 fully saturated rings. The molecule has 82 valence electrons. The summed E-state index contributed by atoms with van der Waals surface area (Å²) in [7, 11) is 5.19. The molecule has 0 aliphatic carbocycles. The highest BCUT2D eigenvalue weighted by Gasteiger charge is 2.10. The van der Waals surface area contributed by atoms with Gasteiger partial charge in [0.2, 0.25) is 5.91 Å². The number of rotatable bonds is 3. The lowest BCUT2D eigenvalue weighted by Crippen LogP contribution is -2.34. The van der Waals surface area contributed by atoms with Crippen molar-refractivity contribution < 1.29 is 4.79 Å². The van der Waals surface area contributed by atoms with Crippen molar-refractivity contribution >= 4 is 17.5 Å². The van der Waals surface area contributed by atoms with Crippen molar-refractivity contribution in [3.8, 4) is 0 Å². The van der Waals surface area contributed by atoms with Gasteiger partial charge in [0.15, 0.2) is 0 Å². The summed E-state index contributed by atoms with van der Waals surface area (Å²) < 4.78 is 0. The van der Waals surface area contributed by atoms with Crippen molar-refractivity contribution in [3.05, 3.63) is 12.4 Å². The highest BCUT2D eigenvalue weighted by molar-refractivity contribution is 5.80. The van der Waals surface area contributed by atoms with Gasteiger partial charge in [-0.05, 0) is 0 Å². The first-order valence-electron chi connectivity index (χ1n) is 4.49. The fourth-order valence-corrected chi connectivity index (χ4v) is 0.980. The standard InChI is InChI=1S/C9H15N5O/c1-13(2)9(15)6-14(3)8-5-11-4-7(10)12-8/h4-5H,6H2,1-3H3,(H2,10,12). The molecule has 1 aromatic heterocycles. The molecule has 0 atom stereocenters. The quantitative estimate of drug-likeness (QED) is 0.732. The van der Waals surface area contributed by atoms with Crippen LogP contribution in [0, 0.1) is 0 Å². The minimum absolute atomic E-state index is 0.00160. The normalized spacial score (nSPS) is 9.80. The van der Waals surface area contributed by atoms with E-state index in [0.29, 0.717) is 11.6 Å². The van der Waals surface area contributed by atoms with Gasteiger partial charge >= 0.3 is 0 Å². The summed E-state index contributed by atoms with van der Waals surface area (Å²) in [4.78, 5) is 22.6. The zero-order chi connectivity index (χ0) is 11.4. The number of amides is 1. The summed E-state index contributed by atoms with van der Waals surface area (Å²) in [6.07, 6.45) is 3.03. The van der Waals surface area contributed by atoms with E-state index in [0.717, 1.165) is 0 Å². The fourth-order valence-electron chi connectivity index (χ4n) is 0.980. The van der Waals surface area contributed by atoms with E-state index in [9.17, 15) is 4.79 Å². The van der Waals surface area contributed by atoms with Crippen molar-refractivity contribution in [1.82, 2.24) is 14.9 Å². The predicted octanol–water partition coefficient (Wildman–Crippen LogP) is -0.417. The van der Waals surface area contributed by atoms with Crippen LogP contribution in [0.2, 0.25) is 0 Å². The monoisotopic (exact) mass is 209 g/mol. The smallest absolute Gasteiger partial charge is 0.241 e. The number of hydrogen-bond donors (Lipinski definition) is 1. The lowest BCUT2D eigenvalue weighted by atomic mass is 10.4. The third-order valence-electron chi connectivity index (χ3n) is 1.90. The summed E-state index contributed by atoms with van der Waals surface area (Å²) >= 11 is 0. The number of nitrogens with two attached hydrogens (primary N) is 1. The minimum atomic E-state index is 0.00160. The van der Waals surface area contributed by atoms with Gasteiger partial charge < -0.3 is 15.5 Å². The number of anilines is 2. The van der Waals surface area contributed by atoms with E-state index in [-0.39, 0.29) is 12.5 Å². The SMILES string of the molecule is CN(C)C(=O)CN(C)c1cncc(N)n1. The molecule has 6 nitrogen and oxygen atoms in total. The molecule has 0 saturated carbocycles. The molecule has 0 radical (unpaired) electrons. The first kappa shape index (κ1) is 11.2. The summed E-state index contributed by atoms with van der Waals surface area (Å²) in [5, 5.41) is 0.